The summed E-state index contributed by atoms with van der Waals surface area (Å²) in [6.07, 6.45) is -0.102. The Bertz CT molecular complexity index is 353. The number of nitrogens with zero attached hydrogens (tertiary/aromatic N) is 1. The van der Waals surface area contributed by atoms with Gasteiger partial charge >= 0.3 is 6.80 Å². The number of hydrogen-bond donors (Lipinski definition) is 0. The summed E-state index contributed by atoms with van der Waals surface area (Å²) >= 11 is 1.28. The van der Waals surface area contributed by atoms with Gasteiger partial charge in [0.25, 0.3) is 0 Å². The minimum absolute atomic E-state index is 0.102. The molecule has 1 heterocycles. The summed E-state index contributed by atoms with van der Waals surface area (Å²) in [5.74, 6) is 0.938. The standard InChI is InChI=1S/C14H30NO4PS/c1-12(2)13(3)18-20(16,19-14(4,5)6)21-11-15-7-9-17-10-8-15/h12-13H,7-11H2,1-6H3. The molecule has 0 N–H and O–H groups in total. The quantitative estimate of drug-likeness (QED) is 0.654. The highest BCUT2D eigenvalue weighted by atomic mass is 32.7. The van der Waals surface area contributed by atoms with Crippen LogP contribution in [-0.4, -0.2) is 48.8 Å². The summed E-state index contributed by atoms with van der Waals surface area (Å²) < 4.78 is 30.0. The molecule has 7 heteroatoms. The fraction of sp³-hybridized carbons (Fsp3) is 1.00. The van der Waals surface area contributed by atoms with Crippen LogP contribution < -0.4 is 0 Å². The van der Waals surface area contributed by atoms with Crippen molar-refractivity contribution in [3.63, 3.8) is 0 Å². The van der Waals surface area contributed by atoms with Crippen molar-refractivity contribution in [1.82, 2.24) is 4.90 Å². The second-order valence-electron chi connectivity index (χ2n) is 6.69. The van der Waals surface area contributed by atoms with E-state index in [-0.39, 0.29) is 6.10 Å². The predicted octanol–water partition coefficient (Wildman–Crippen LogP) is 3.99. The summed E-state index contributed by atoms with van der Waals surface area (Å²) in [7, 11) is 0. The first-order valence-corrected chi connectivity index (χ1v) is 10.7. The molecular formula is C14H30NO4PS. The average Bonchev–Trinajstić information content (AvgIpc) is 2.35. The molecule has 1 aliphatic heterocycles. The third kappa shape index (κ3) is 8.00. The van der Waals surface area contributed by atoms with Gasteiger partial charge in [0, 0.05) is 13.1 Å². The van der Waals surface area contributed by atoms with Crippen LogP contribution in [0.5, 0.6) is 0 Å². The summed E-state index contributed by atoms with van der Waals surface area (Å²) in [6, 6.07) is 0. The van der Waals surface area contributed by atoms with Crippen LogP contribution in [0.15, 0.2) is 0 Å². The van der Waals surface area contributed by atoms with Crippen molar-refractivity contribution in [1.29, 1.82) is 0 Å². The molecule has 1 fully saturated rings. The van der Waals surface area contributed by atoms with Crippen molar-refractivity contribution in [3.05, 3.63) is 0 Å². The summed E-state index contributed by atoms with van der Waals surface area (Å²) in [4.78, 5) is 2.22. The summed E-state index contributed by atoms with van der Waals surface area (Å²) in [6.45, 7) is 11.8. The summed E-state index contributed by atoms with van der Waals surface area (Å²) in [5.41, 5.74) is -0.496. The number of ether oxygens (including phenoxy) is 1. The van der Waals surface area contributed by atoms with Crippen LogP contribution in [0.3, 0.4) is 0 Å². The first kappa shape index (κ1) is 19.5. The minimum atomic E-state index is -3.18. The van der Waals surface area contributed by atoms with Crippen molar-refractivity contribution >= 4 is 18.2 Å². The van der Waals surface area contributed by atoms with Crippen LogP contribution in [0.25, 0.3) is 0 Å². The van der Waals surface area contributed by atoms with Crippen molar-refractivity contribution in [2.45, 2.75) is 53.2 Å². The van der Waals surface area contributed by atoms with Gasteiger partial charge in [0.1, 0.15) is 0 Å². The molecule has 0 aromatic heterocycles. The number of morpholine rings is 1. The lowest BCUT2D eigenvalue weighted by molar-refractivity contribution is 0.0470. The normalized spacial score (nSPS) is 22.2. The molecule has 0 aromatic carbocycles. The monoisotopic (exact) mass is 339 g/mol. The van der Waals surface area contributed by atoms with Crippen LogP contribution in [0, 0.1) is 5.92 Å². The van der Waals surface area contributed by atoms with Crippen molar-refractivity contribution < 1.29 is 18.3 Å². The van der Waals surface area contributed by atoms with E-state index in [1.165, 1.54) is 11.4 Å². The number of rotatable bonds is 7. The van der Waals surface area contributed by atoms with Crippen molar-refractivity contribution in [2.75, 3.05) is 32.2 Å². The zero-order chi connectivity index (χ0) is 16.1. The van der Waals surface area contributed by atoms with Gasteiger partial charge in [-0.3, -0.25) is 13.9 Å². The predicted molar refractivity (Wildman–Crippen MR) is 88.7 cm³/mol. The van der Waals surface area contributed by atoms with Crippen LogP contribution in [0.4, 0.5) is 0 Å². The van der Waals surface area contributed by atoms with Gasteiger partial charge < -0.3 is 4.74 Å². The molecule has 5 nitrogen and oxygen atoms in total. The summed E-state index contributed by atoms with van der Waals surface area (Å²) in [5, 5.41) is 0. The maximum atomic E-state index is 13.0. The van der Waals surface area contributed by atoms with Crippen LogP contribution >= 0.6 is 18.2 Å². The Hall–Kier alpha value is 0.420. The highest BCUT2D eigenvalue weighted by molar-refractivity contribution is 8.55. The van der Waals surface area contributed by atoms with Gasteiger partial charge in [-0.05, 0) is 45.0 Å². The van der Waals surface area contributed by atoms with Gasteiger partial charge in [-0.25, -0.2) is 4.57 Å². The molecular weight excluding hydrogens is 309 g/mol. The van der Waals surface area contributed by atoms with E-state index in [0.29, 0.717) is 11.8 Å². The van der Waals surface area contributed by atoms with E-state index in [1.54, 1.807) is 0 Å². The fourth-order valence-electron chi connectivity index (χ4n) is 1.62. The molecule has 0 bridgehead atoms. The van der Waals surface area contributed by atoms with E-state index in [1.807, 2.05) is 27.7 Å². The minimum Gasteiger partial charge on any atom is -0.379 e. The maximum absolute atomic E-state index is 13.0. The van der Waals surface area contributed by atoms with E-state index in [2.05, 4.69) is 18.7 Å². The highest BCUT2D eigenvalue weighted by Gasteiger charge is 2.35. The molecule has 0 radical (unpaired) electrons. The van der Waals surface area contributed by atoms with Crippen LogP contribution in [0.2, 0.25) is 0 Å². The van der Waals surface area contributed by atoms with E-state index in [4.69, 9.17) is 13.8 Å². The molecule has 1 saturated heterocycles. The molecule has 126 valence electrons. The Morgan fingerprint density at radius 2 is 1.81 bits per heavy atom. The Morgan fingerprint density at radius 3 is 2.29 bits per heavy atom. The second kappa shape index (κ2) is 8.32. The topological polar surface area (TPSA) is 48.0 Å². The molecule has 0 amide bonds. The lowest BCUT2D eigenvalue weighted by atomic mass is 10.1. The second-order valence-corrected chi connectivity index (χ2v) is 10.6. The average molecular weight is 339 g/mol. The molecule has 21 heavy (non-hydrogen) atoms. The molecule has 1 rings (SSSR count). The largest absolute Gasteiger partial charge is 0.391 e. The molecule has 2 unspecified atom stereocenters. The first-order valence-electron chi connectivity index (χ1n) is 7.55. The van der Waals surface area contributed by atoms with E-state index in [0.717, 1.165) is 26.3 Å². The van der Waals surface area contributed by atoms with E-state index in [9.17, 15) is 4.57 Å². The van der Waals surface area contributed by atoms with Crippen LogP contribution in [-0.2, 0) is 18.3 Å². The molecule has 0 saturated carbocycles. The smallest absolute Gasteiger partial charge is 0.379 e. The molecule has 0 aliphatic carbocycles. The zero-order valence-corrected chi connectivity index (χ0v) is 15.8. The van der Waals surface area contributed by atoms with Gasteiger partial charge in [-0.1, -0.05) is 13.8 Å². The Balaban J connectivity index is 2.64. The van der Waals surface area contributed by atoms with E-state index < -0.39 is 12.4 Å². The van der Waals surface area contributed by atoms with E-state index >= 15 is 0 Å². The van der Waals surface area contributed by atoms with Gasteiger partial charge in [0.15, 0.2) is 0 Å². The van der Waals surface area contributed by atoms with Gasteiger partial charge in [0.05, 0.1) is 30.8 Å². The Labute approximate surface area is 133 Å². The fourth-order valence-corrected chi connectivity index (χ4v) is 6.00. The first-order chi connectivity index (χ1) is 9.61. The van der Waals surface area contributed by atoms with Crippen molar-refractivity contribution in [3.8, 4) is 0 Å². The van der Waals surface area contributed by atoms with Crippen LogP contribution in [0.1, 0.15) is 41.5 Å². The van der Waals surface area contributed by atoms with Gasteiger partial charge in [0.2, 0.25) is 0 Å². The molecule has 0 spiro atoms. The van der Waals surface area contributed by atoms with Gasteiger partial charge in [-0.15, -0.1) is 0 Å². The highest BCUT2D eigenvalue weighted by Crippen LogP contribution is 2.63. The molecule has 2 atom stereocenters. The lowest BCUT2D eigenvalue weighted by Crippen LogP contribution is -2.36. The lowest BCUT2D eigenvalue weighted by Gasteiger charge is -2.32. The number of hydrogen-bond acceptors (Lipinski definition) is 6. The zero-order valence-electron chi connectivity index (χ0n) is 14.1. The Morgan fingerprint density at radius 1 is 1.24 bits per heavy atom. The SMILES string of the molecule is CC(C)C(C)OP(=O)(OC(C)(C)C)SCN1CCOCC1. The maximum Gasteiger partial charge on any atom is 0.391 e. The molecule has 1 aliphatic rings. The third-order valence-electron chi connectivity index (χ3n) is 3.12. The third-order valence-corrected chi connectivity index (χ3v) is 7.06. The van der Waals surface area contributed by atoms with Gasteiger partial charge in [-0.2, -0.15) is 0 Å². The van der Waals surface area contributed by atoms with Crippen molar-refractivity contribution in [2.24, 2.45) is 5.92 Å². The Kier molecular flexibility index (Phi) is 7.71. The molecule has 0 aromatic rings.